The van der Waals surface area contributed by atoms with Gasteiger partial charge in [-0.15, -0.1) is 0 Å². The lowest BCUT2D eigenvalue weighted by molar-refractivity contribution is -0.117. The minimum absolute atomic E-state index is 0.157. The maximum atomic E-state index is 11.7. The number of nitrogens with one attached hydrogen (secondary N) is 1. The third-order valence-electron chi connectivity index (χ3n) is 3.78. The number of anilines is 1. The third-order valence-corrected chi connectivity index (χ3v) is 4.78. The van der Waals surface area contributed by atoms with Crippen molar-refractivity contribution in [2.24, 2.45) is 5.92 Å². The molecular formula is C18H19NOS. The lowest BCUT2D eigenvalue weighted by atomic mass is 10.1. The van der Waals surface area contributed by atoms with E-state index in [4.69, 9.17) is 0 Å². The maximum Gasteiger partial charge on any atom is 0.227 e. The first-order valence-corrected chi connectivity index (χ1v) is 8.09. The quantitative estimate of drug-likeness (QED) is 0.878. The van der Waals surface area contributed by atoms with Crippen molar-refractivity contribution >= 4 is 23.4 Å². The number of carbonyl (C=O) groups is 1. The van der Waals surface area contributed by atoms with Crippen LogP contribution in [0.2, 0.25) is 0 Å². The SMILES string of the molecule is Cc1ccc(Sc2ccc(NC(=O)C3CC3)cc2)cc1C. The van der Waals surface area contributed by atoms with Gasteiger partial charge < -0.3 is 5.32 Å². The van der Waals surface area contributed by atoms with Crippen molar-refractivity contribution < 1.29 is 4.79 Å². The van der Waals surface area contributed by atoms with Gasteiger partial charge in [0.15, 0.2) is 0 Å². The Morgan fingerprint density at radius 2 is 1.67 bits per heavy atom. The standard InChI is InChI=1S/C18H19NOS/c1-12-3-8-17(11-13(12)2)21-16-9-6-15(7-10-16)19-18(20)14-4-5-14/h3,6-11,14H,4-5H2,1-2H3,(H,19,20). The molecule has 1 saturated carbocycles. The number of rotatable bonds is 4. The average molecular weight is 297 g/mol. The van der Waals surface area contributed by atoms with Gasteiger partial charge >= 0.3 is 0 Å². The van der Waals surface area contributed by atoms with Crippen LogP contribution in [0.1, 0.15) is 24.0 Å². The molecule has 0 heterocycles. The first kappa shape index (κ1) is 14.2. The third kappa shape index (κ3) is 3.67. The Morgan fingerprint density at radius 1 is 1.00 bits per heavy atom. The lowest BCUT2D eigenvalue weighted by Gasteiger charge is -2.07. The summed E-state index contributed by atoms with van der Waals surface area (Å²) in [6.07, 6.45) is 2.07. The molecule has 1 aliphatic carbocycles. The molecule has 1 aliphatic rings. The molecule has 0 aromatic heterocycles. The lowest BCUT2D eigenvalue weighted by Crippen LogP contribution is -2.12. The van der Waals surface area contributed by atoms with E-state index in [1.165, 1.54) is 20.9 Å². The van der Waals surface area contributed by atoms with Crippen LogP contribution in [-0.2, 0) is 4.79 Å². The molecule has 0 atom stereocenters. The molecule has 0 aliphatic heterocycles. The van der Waals surface area contributed by atoms with Crippen molar-refractivity contribution in [3.63, 3.8) is 0 Å². The summed E-state index contributed by atoms with van der Waals surface area (Å²) >= 11 is 1.74. The molecule has 0 spiro atoms. The van der Waals surface area contributed by atoms with E-state index < -0.39 is 0 Å². The highest BCUT2D eigenvalue weighted by Crippen LogP contribution is 2.32. The molecule has 0 radical (unpaired) electrons. The van der Waals surface area contributed by atoms with E-state index in [9.17, 15) is 4.79 Å². The van der Waals surface area contributed by atoms with Crippen LogP contribution < -0.4 is 5.32 Å². The highest BCUT2D eigenvalue weighted by molar-refractivity contribution is 7.99. The minimum Gasteiger partial charge on any atom is -0.326 e. The minimum atomic E-state index is 0.157. The number of hydrogen-bond acceptors (Lipinski definition) is 2. The monoisotopic (exact) mass is 297 g/mol. The van der Waals surface area contributed by atoms with Crippen molar-refractivity contribution in [3.05, 3.63) is 53.6 Å². The van der Waals surface area contributed by atoms with E-state index in [0.717, 1.165) is 18.5 Å². The van der Waals surface area contributed by atoms with Gasteiger partial charge in [-0.2, -0.15) is 0 Å². The largest absolute Gasteiger partial charge is 0.326 e. The summed E-state index contributed by atoms with van der Waals surface area (Å²) in [7, 11) is 0. The smallest absolute Gasteiger partial charge is 0.227 e. The predicted octanol–water partition coefficient (Wildman–Crippen LogP) is 4.80. The second-order valence-electron chi connectivity index (χ2n) is 5.64. The van der Waals surface area contributed by atoms with Gasteiger partial charge in [0.2, 0.25) is 5.91 Å². The Bertz CT molecular complexity index is 659. The fraction of sp³-hybridized carbons (Fsp3) is 0.278. The van der Waals surface area contributed by atoms with E-state index >= 15 is 0 Å². The van der Waals surface area contributed by atoms with E-state index in [2.05, 4.69) is 49.5 Å². The van der Waals surface area contributed by atoms with Crippen molar-refractivity contribution in [2.45, 2.75) is 36.5 Å². The van der Waals surface area contributed by atoms with Crippen molar-refractivity contribution in [1.82, 2.24) is 0 Å². The summed E-state index contributed by atoms with van der Waals surface area (Å²) in [6.45, 7) is 4.26. The van der Waals surface area contributed by atoms with Crippen LogP contribution in [0.4, 0.5) is 5.69 Å². The summed E-state index contributed by atoms with van der Waals surface area (Å²) in [5, 5.41) is 2.96. The van der Waals surface area contributed by atoms with E-state index in [-0.39, 0.29) is 11.8 Å². The van der Waals surface area contributed by atoms with E-state index in [0.29, 0.717) is 0 Å². The molecule has 2 aromatic carbocycles. The number of hydrogen-bond donors (Lipinski definition) is 1. The molecule has 2 aromatic rings. The van der Waals surface area contributed by atoms with Crippen LogP contribution in [0.25, 0.3) is 0 Å². The number of amides is 1. The molecule has 0 saturated heterocycles. The van der Waals surface area contributed by atoms with Gasteiger partial charge in [0.1, 0.15) is 0 Å². The van der Waals surface area contributed by atoms with Gasteiger partial charge in [0.25, 0.3) is 0 Å². The van der Waals surface area contributed by atoms with Crippen LogP contribution in [0.3, 0.4) is 0 Å². The first-order chi connectivity index (χ1) is 10.1. The molecule has 1 fully saturated rings. The molecule has 108 valence electrons. The van der Waals surface area contributed by atoms with Crippen molar-refractivity contribution in [3.8, 4) is 0 Å². The summed E-state index contributed by atoms with van der Waals surface area (Å²) in [6, 6.07) is 14.6. The zero-order valence-corrected chi connectivity index (χ0v) is 13.2. The second kappa shape index (κ2) is 5.94. The maximum absolute atomic E-state index is 11.7. The van der Waals surface area contributed by atoms with E-state index in [1.54, 1.807) is 11.8 Å². The zero-order chi connectivity index (χ0) is 14.8. The Kier molecular flexibility index (Phi) is 4.02. The molecule has 0 unspecified atom stereocenters. The Labute approximate surface area is 130 Å². The summed E-state index contributed by atoms with van der Waals surface area (Å²) in [4.78, 5) is 14.1. The van der Waals surface area contributed by atoms with Gasteiger partial charge in [0.05, 0.1) is 0 Å². The van der Waals surface area contributed by atoms with Gasteiger partial charge in [-0.05, 0) is 74.2 Å². The molecule has 1 N–H and O–H groups in total. The van der Waals surface area contributed by atoms with Gasteiger partial charge in [0, 0.05) is 21.4 Å². The van der Waals surface area contributed by atoms with Crippen LogP contribution in [0.15, 0.2) is 52.3 Å². The highest BCUT2D eigenvalue weighted by Gasteiger charge is 2.29. The first-order valence-electron chi connectivity index (χ1n) is 7.28. The Morgan fingerprint density at radius 3 is 2.29 bits per heavy atom. The molecule has 2 nitrogen and oxygen atoms in total. The molecule has 3 heteroatoms. The summed E-state index contributed by atoms with van der Waals surface area (Å²) < 4.78 is 0. The number of benzene rings is 2. The van der Waals surface area contributed by atoms with Crippen LogP contribution in [0.5, 0.6) is 0 Å². The average Bonchev–Trinajstić information content (AvgIpc) is 3.30. The number of carbonyl (C=O) groups excluding carboxylic acids is 1. The predicted molar refractivity (Wildman–Crippen MR) is 87.8 cm³/mol. The molecule has 21 heavy (non-hydrogen) atoms. The van der Waals surface area contributed by atoms with Crippen molar-refractivity contribution in [1.29, 1.82) is 0 Å². The Hall–Kier alpha value is -1.74. The fourth-order valence-electron chi connectivity index (χ4n) is 2.11. The van der Waals surface area contributed by atoms with Gasteiger partial charge in [-0.25, -0.2) is 0 Å². The van der Waals surface area contributed by atoms with Gasteiger partial charge in [-0.3, -0.25) is 4.79 Å². The molecule has 0 bridgehead atoms. The Balaban J connectivity index is 1.65. The summed E-state index contributed by atoms with van der Waals surface area (Å²) in [5.41, 5.74) is 3.52. The zero-order valence-electron chi connectivity index (χ0n) is 12.3. The fourth-order valence-corrected chi connectivity index (χ4v) is 3.03. The van der Waals surface area contributed by atoms with Crippen LogP contribution in [-0.4, -0.2) is 5.91 Å². The summed E-state index contributed by atoms with van der Waals surface area (Å²) in [5.74, 6) is 0.402. The van der Waals surface area contributed by atoms with Gasteiger partial charge in [-0.1, -0.05) is 17.8 Å². The highest BCUT2D eigenvalue weighted by atomic mass is 32.2. The normalized spacial score (nSPS) is 14.0. The topological polar surface area (TPSA) is 29.1 Å². The van der Waals surface area contributed by atoms with Crippen LogP contribution in [0, 0.1) is 19.8 Å². The van der Waals surface area contributed by atoms with E-state index in [1.807, 2.05) is 12.1 Å². The number of aryl methyl sites for hydroxylation is 2. The van der Waals surface area contributed by atoms with Crippen LogP contribution >= 0.6 is 11.8 Å². The van der Waals surface area contributed by atoms with Crippen molar-refractivity contribution in [2.75, 3.05) is 5.32 Å². The second-order valence-corrected chi connectivity index (χ2v) is 6.78. The molecular weight excluding hydrogens is 278 g/mol. The molecule has 1 amide bonds. The molecule has 3 rings (SSSR count).